The third-order valence-corrected chi connectivity index (χ3v) is 2.95. The molecule has 5 nitrogen and oxygen atoms in total. The Labute approximate surface area is 124 Å². The van der Waals surface area contributed by atoms with Crippen molar-refractivity contribution in [3.63, 3.8) is 0 Å². The van der Waals surface area contributed by atoms with Gasteiger partial charge >= 0.3 is 16.9 Å². The molecule has 0 saturated heterocycles. The molecule has 0 saturated carbocycles. The van der Waals surface area contributed by atoms with E-state index < -0.39 is 0 Å². The maximum atomic E-state index is 12.4. The monoisotopic (exact) mass is 365 g/mol. The van der Waals surface area contributed by atoms with E-state index in [1.807, 2.05) is 36.4 Å². The number of rotatable bonds is 0. The molecule has 0 N–H and O–H groups in total. The van der Waals surface area contributed by atoms with Crippen LogP contribution in [0.15, 0.2) is 57.9 Å². The van der Waals surface area contributed by atoms with E-state index in [9.17, 15) is 4.79 Å². The predicted octanol–water partition coefficient (Wildman–Crippen LogP) is -1.82. The molecule has 0 atom stereocenters. The summed E-state index contributed by atoms with van der Waals surface area (Å²) in [5, 5.41) is 4.29. The summed E-state index contributed by atoms with van der Waals surface area (Å²) in [5.74, 6) is 0.296. The number of aromatic nitrogens is 3. The Morgan fingerprint density at radius 2 is 1.89 bits per heavy atom. The number of halogens is 1. The van der Waals surface area contributed by atoms with Crippen LogP contribution in [0.5, 0.6) is 0 Å². The lowest BCUT2D eigenvalue weighted by Crippen LogP contribution is -3.00. The van der Waals surface area contributed by atoms with Crippen molar-refractivity contribution in [2.75, 3.05) is 0 Å². The number of hydrogen-bond acceptors (Lipinski definition) is 3. The van der Waals surface area contributed by atoms with Crippen LogP contribution in [-0.2, 0) is 0 Å². The first-order valence-corrected chi connectivity index (χ1v) is 5.55. The van der Waals surface area contributed by atoms with Gasteiger partial charge in [0, 0.05) is 12.1 Å². The predicted molar refractivity (Wildman–Crippen MR) is 64.4 cm³/mol. The largest absolute Gasteiger partial charge is 1.00 e. The Kier molecular flexibility index (Phi) is 2.74. The summed E-state index contributed by atoms with van der Waals surface area (Å²) in [4.78, 5) is 12.4. The fourth-order valence-electron chi connectivity index (χ4n) is 2.13. The molecular formula is C13H8IN3O2. The quantitative estimate of drug-likeness (QED) is 0.273. The zero-order chi connectivity index (χ0) is 12.1. The third-order valence-electron chi connectivity index (χ3n) is 2.95. The van der Waals surface area contributed by atoms with E-state index >= 15 is 0 Å². The number of hydrogen-bond donors (Lipinski definition) is 0. The Balaban J connectivity index is 0.00000110. The molecule has 4 aromatic rings. The van der Waals surface area contributed by atoms with Gasteiger partial charge < -0.3 is 28.4 Å². The van der Waals surface area contributed by atoms with Crippen molar-refractivity contribution in [3.05, 3.63) is 59.0 Å². The van der Waals surface area contributed by atoms with Crippen LogP contribution in [0.1, 0.15) is 0 Å². The van der Waals surface area contributed by atoms with Crippen LogP contribution in [0.2, 0.25) is 0 Å². The summed E-state index contributed by atoms with van der Waals surface area (Å²) in [6.45, 7) is 0. The molecule has 3 heterocycles. The molecule has 0 radical (unpaired) electrons. The summed E-state index contributed by atoms with van der Waals surface area (Å²) < 4.78 is 8.59. The van der Waals surface area contributed by atoms with E-state index in [1.54, 1.807) is 12.3 Å². The fraction of sp³-hybridized carbons (Fsp3) is 0. The Morgan fingerprint density at radius 3 is 2.79 bits per heavy atom. The second-order valence-corrected chi connectivity index (χ2v) is 4.02. The fourth-order valence-corrected chi connectivity index (χ4v) is 2.13. The number of nitrogens with zero attached hydrogens (tertiary/aromatic N) is 3. The maximum Gasteiger partial charge on any atom is 0.373 e. The van der Waals surface area contributed by atoms with E-state index in [-0.39, 0.29) is 29.5 Å². The SMILES string of the molecule is O=c1c2cccc[n+]2nc2oc3ccccc3n12.[I-]. The standard InChI is InChI=1S/C13H8N3O2.HI/c17-12-10-6-3-4-8-15(10)14-13-16(12)9-5-1-2-7-11(9)18-13;/h1-8H;1H/q+1;/p-1. The van der Waals surface area contributed by atoms with Gasteiger partial charge in [-0.15, -0.1) is 0 Å². The summed E-state index contributed by atoms with van der Waals surface area (Å²) in [6, 6.07) is 12.8. The molecule has 4 rings (SSSR count). The first-order valence-electron chi connectivity index (χ1n) is 5.55. The van der Waals surface area contributed by atoms with E-state index in [4.69, 9.17) is 4.42 Å². The molecule has 0 spiro atoms. The molecular weight excluding hydrogens is 357 g/mol. The van der Waals surface area contributed by atoms with Crippen LogP contribution in [0, 0.1) is 0 Å². The van der Waals surface area contributed by atoms with Gasteiger partial charge in [-0.3, -0.25) is 4.79 Å². The van der Waals surface area contributed by atoms with Crippen LogP contribution in [0.25, 0.3) is 22.5 Å². The lowest BCUT2D eigenvalue weighted by Gasteiger charge is -1.90. The molecule has 0 fully saturated rings. The van der Waals surface area contributed by atoms with Crippen molar-refractivity contribution in [2.24, 2.45) is 0 Å². The van der Waals surface area contributed by atoms with Crippen molar-refractivity contribution >= 4 is 22.5 Å². The summed E-state index contributed by atoms with van der Waals surface area (Å²) in [6.07, 6.45) is 1.73. The topological polar surface area (TPSA) is 51.6 Å². The number of fused-ring (bicyclic) bond motifs is 4. The molecule has 0 bridgehead atoms. The molecule has 0 unspecified atom stereocenters. The molecule has 0 aliphatic heterocycles. The summed E-state index contributed by atoms with van der Waals surface area (Å²) in [5.41, 5.74) is 1.77. The first kappa shape index (κ1) is 12.1. The lowest BCUT2D eigenvalue weighted by molar-refractivity contribution is -0.580. The van der Waals surface area contributed by atoms with Crippen LogP contribution in [-0.4, -0.2) is 9.50 Å². The molecule has 6 heteroatoms. The highest BCUT2D eigenvalue weighted by atomic mass is 127. The van der Waals surface area contributed by atoms with Gasteiger partial charge in [0.05, 0.1) is 10.6 Å². The number of para-hydroxylation sites is 2. The van der Waals surface area contributed by atoms with E-state index in [0.29, 0.717) is 16.9 Å². The molecule has 3 aromatic heterocycles. The molecule has 0 amide bonds. The number of oxazole rings is 1. The summed E-state index contributed by atoms with van der Waals surface area (Å²) >= 11 is 0. The minimum absolute atomic E-state index is 0. The average Bonchev–Trinajstić information content (AvgIpc) is 2.77. The van der Waals surface area contributed by atoms with Gasteiger partial charge in [0.15, 0.2) is 5.58 Å². The Hall–Kier alpha value is -1.96. The van der Waals surface area contributed by atoms with Crippen molar-refractivity contribution < 1.29 is 32.9 Å². The van der Waals surface area contributed by atoms with Crippen molar-refractivity contribution in [3.8, 4) is 0 Å². The first-order chi connectivity index (χ1) is 8.84. The average molecular weight is 365 g/mol. The van der Waals surface area contributed by atoms with Gasteiger partial charge in [0.25, 0.3) is 0 Å². The Bertz CT molecular complexity index is 958. The molecule has 0 aliphatic rings. The minimum Gasteiger partial charge on any atom is -1.00 e. The maximum absolute atomic E-state index is 12.4. The van der Waals surface area contributed by atoms with Crippen LogP contribution in [0.3, 0.4) is 0 Å². The summed E-state index contributed by atoms with van der Waals surface area (Å²) in [7, 11) is 0. The van der Waals surface area contributed by atoms with E-state index in [2.05, 4.69) is 5.10 Å². The highest BCUT2D eigenvalue weighted by Crippen LogP contribution is 2.16. The number of pyridine rings is 1. The normalized spacial score (nSPS) is 10.9. The van der Waals surface area contributed by atoms with Crippen molar-refractivity contribution in [2.45, 2.75) is 0 Å². The second kappa shape index (κ2) is 4.30. The van der Waals surface area contributed by atoms with E-state index in [0.717, 1.165) is 5.52 Å². The van der Waals surface area contributed by atoms with Crippen LogP contribution >= 0.6 is 0 Å². The number of benzene rings is 1. The smallest absolute Gasteiger partial charge is 0.373 e. The second-order valence-electron chi connectivity index (χ2n) is 4.02. The van der Waals surface area contributed by atoms with Crippen molar-refractivity contribution in [1.82, 2.24) is 9.50 Å². The highest BCUT2D eigenvalue weighted by molar-refractivity contribution is 5.76. The molecule has 94 valence electrons. The van der Waals surface area contributed by atoms with Gasteiger partial charge in [0.1, 0.15) is 0 Å². The van der Waals surface area contributed by atoms with Gasteiger partial charge in [-0.2, -0.15) is 0 Å². The zero-order valence-electron chi connectivity index (χ0n) is 9.65. The van der Waals surface area contributed by atoms with E-state index in [1.165, 1.54) is 8.92 Å². The highest BCUT2D eigenvalue weighted by Gasteiger charge is 2.17. The Morgan fingerprint density at radius 1 is 1.11 bits per heavy atom. The van der Waals surface area contributed by atoms with Gasteiger partial charge in [-0.05, 0) is 22.7 Å². The molecule has 1 aromatic carbocycles. The van der Waals surface area contributed by atoms with Crippen molar-refractivity contribution in [1.29, 1.82) is 0 Å². The molecule has 19 heavy (non-hydrogen) atoms. The van der Waals surface area contributed by atoms with Gasteiger partial charge in [-0.1, -0.05) is 12.1 Å². The molecule has 0 aliphatic carbocycles. The van der Waals surface area contributed by atoms with Gasteiger partial charge in [0.2, 0.25) is 6.20 Å². The minimum atomic E-state index is -0.134. The van der Waals surface area contributed by atoms with Gasteiger partial charge in [-0.25, -0.2) is 4.40 Å². The third kappa shape index (κ3) is 1.63. The van der Waals surface area contributed by atoms with Crippen LogP contribution in [0.4, 0.5) is 0 Å². The zero-order valence-corrected chi connectivity index (χ0v) is 11.8. The van der Waals surface area contributed by atoms with Crippen LogP contribution < -0.4 is 34.1 Å². The lowest BCUT2D eigenvalue weighted by atomic mass is 10.3.